The Bertz CT molecular complexity index is 536. The Morgan fingerprint density at radius 2 is 1.00 bits per heavy atom. The van der Waals surface area contributed by atoms with Gasteiger partial charge >= 0.3 is 11.9 Å². The number of unbranched alkanes of at least 4 members (excludes halogenated alkanes) is 19. The van der Waals surface area contributed by atoms with Gasteiger partial charge in [-0.1, -0.05) is 156 Å². The number of carbonyl (C=O) groups is 2. The molecule has 0 saturated heterocycles. The Morgan fingerprint density at radius 1 is 0.590 bits per heavy atom. The molecule has 5 heteroatoms. The summed E-state index contributed by atoms with van der Waals surface area (Å²) in [6, 6.07) is 0. The molecular weight excluding hydrogens is 488 g/mol. The van der Waals surface area contributed by atoms with Gasteiger partial charge in [0.2, 0.25) is 0 Å². The molecule has 0 spiro atoms. The highest BCUT2D eigenvalue weighted by molar-refractivity contribution is 5.70. The number of ether oxygens (including phenoxy) is 2. The average Bonchev–Trinajstić information content (AvgIpc) is 2.94. The van der Waals surface area contributed by atoms with Crippen molar-refractivity contribution in [2.45, 2.75) is 187 Å². The van der Waals surface area contributed by atoms with E-state index in [1.54, 1.807) is 0 Å². The molecule has 5 nitrogen and oxygen atoms in total. The highest BCUT2D eigenvalue weighted by atomic mass is 16.6. The summed E-state index contributed by atoms with van der Waals surface area (Å²) in [6.07, 6.45) is 28.6. The van der Waals surface area contributed by atoms with Crippen LogP contribution in [-0.4, -0.2) is 36.4 Å². The molecule has 0 heterocycles. The smallest absolute Gasteiger partial charge is 0.306 e. The third kappa shape index (κ3) is 28.2. The van der Waals surface area contributed by atoms with Crippen molar-refractivity contribution in [3.8, 4) is 0 Å². The van der Waals surface area contributed by atoms with Crippen molar-refractivity contribution in [1.82, 2.24) is 0 Å². The van der Waals surface area contributed by atoms with Gasteiger partial charge in [-0.05, 0) is 18.8 Å². The van der Waals surface area contributed by atoms with Gasteiger partial charge in [-0.3, -0.25) is 9.59 Å². The average molecular weight is 555 g/mol. The molecule has 0 aromatic heterocycles. The molecule has 0 aliphatic carbocycles. The molecule has 0 fully saturated rings. The first-order chi connectivity index (χ1) is 19.0. The monoisotopic (exact) mass is 554 g/mol. The first kappa shape index (κ1) is 37.9. The lowest BCUT2D eigenvalue weighted by atomic mass is 9.99. The van der Waals surface area contributed by atoms with E-state index < -0.39 is 6.10 Å². The maximum atomic E-state index is 12.1. The maximum Gasteiger partial charge on any atom is 0.306 e. The third-order valence-electron chi connectivity index (χ3n) is 7.94. The molecule has 1 unspecified atom stereocenters. The topological polar surface area (TPSA) is 72.8 Å². The van der Waals surface area contributed by atoms with Gasteiger partial charge in [-0.2, -0.15) is 0 Å². The summed E-state index contributed by atoms with van der Waals surface area (Å²) >= 11 is 0. The molecule has 0 radical (unpaired) electrons. The Kier molecular flexibility index (Phi) is 29.0. The van der Waals surface area contributed by atoms with Gasteiger partial charge in [0.1, 0.15) is 6.61 Å². The van der Waals surface area contributed by atoms with Crippen LogP contribution >= 0.6 is 0 Å². The zero-order valence-corrected chi connectivity index (χ0v) is 26.3. The Morgan fingerprint density at radius 3 is 1.44 bits per heavy atom. The highest BCUT2D eigenvalue weighted by Crippen LogP contribution is 2.16. The Balaban J connectivity index is 3.56. The van der Waals surface area contributed by atoms with Crippen LogP contribution in [0.5, 0.6) is 0 Å². The summed E-state index contributed by atoms with van der Waals surface area (Å²) in [5.41, 5.74) is 0. The Labute approximate surface area is 242 Å². The van der Waals surface area contributed by atoms with Crippen LogP contribution in [-0.2, 0) is 19.1 Å². The summed E-state index contributed by atoms with van der Waals surface area (Å²) in [7, 11) is 0. The molecule has 232 valence electrons. The number of esters is 2. The first-order valence-electron chi connectivity index (χ1n) is 17.0. The zero-order valence-electron chi connectivity index (χ0n) is 26.3. The second kappa shape index (κ2) is 29.9. The standard InChI is InChI=1S/C34H66O5/c1-4-6-7-8-9-10-11-12-13-14-19-22-25-28-34(37)39-32(29-35)30-38-33(36)27-24-21-18-16-15-17-20-23-26-31(3)5-2/h31-32,35H,4-30H2,1-3H3/t31?,32-/m0/s1. The van der Waals surface area contributed by atoms with E-state index in [9.17, 15) is 14.7 Å². The summed E-state index contributed by atoms with van der Waals surface area (Å²) < 4.78 is 10.6. The van der Waals surface area contributed by atoms with Crippen LogP contribution in [0.3, 0.4) is 0 Å². The van der Waals surface area contributed by atoms with E-state index in [1.807, 2.05) is 0 Å². The van der Waals surface area contributed by atoms with E-state index in [1.165, 1.54) is 109 Å². The molecule has 0 aromatic rings. The van der Waals surface area contributed by atoms with Crippen LogP contribution < -0.4 is 0 Å². The number of aliphatic hydroxyl groups is 1. The first-order valence-corrected chi connectivity index (χ1v) is 17.0. The van der Waals surface area contributed by atoms with Crippen molar-refractivity contribution >= 4 is 11.9 Å². The van der Waals surface area contributed by atoms with E-state index in [2.05, 4.69) is 20.8 Å². The number of hydrogen-bond acceptors (Lipinski definition) is 5. The molecule has 0 aliphatic heterocycles. The second-order valence-corrected chi connectivity index (χ2v) is 11.9. The van der Waals surface area contributed by atoms with Gasteiger partial charge < -0.3 is 14.6 Å². The fourth-order valence-electron chi connectivity index (χ4n) is 4.94. The van der Waals surface area contributed by atoms with Crippen molar-refractivity contribution in [2.24, 2.45) is 5.92 Å². The van der Waals surface area contributed by atoms with Gasteiger partial charge in [0.05, 0.1) is 6.61 Å². The van der Waals surface area contributed by atoms with Gasteiger partial charge in [-0.25, -0.2) is 0 Å². The predicted octanol–water partition coefficient (Wildman–Crippen LogP) is 9.86. The van der Waals surface area contributed by atoms with Crippen molar-refractivity contribution < 1.29 is 24.2 Å². The molecule has 0 saturated carbocycles. The fourth-order valence-corrected chi connectivity index (χ4v) is 4.94. The van der Waals surface area contributed by atoms with Crippen LogP contribution in [0.2, 0.25) is 0 Å². The van der Waals surface area contributed by atoms with Crippen molar-refractivity contribution in [2.75, 3.05) is 13.2 Å². The summed E-state index contributed by atoms with van der Waals surface area (Å²) in [5, 5.41) is 9.49. The minimum atomic E-state index is -0.760. The largest absolute Gasteiger partial charge is 0.462 e. The lowest BCUT2D eigenvalue weighted by Gasteiger charge is -2.15. The normalized spacial score (nSPS) is 12.8. The fraction of sp³-hybridized carbons (Fsp3) is 0.941. The maximum absolute atomic E-state index is 12.1. The molecule has 0 amide bonds. The number of hydrogen-bond donors (Lipinski definition) is 1. The minimum absolute atomic E-state index is 0.0592. The van der Waals surface area contributed by atoms with E-state index in [4.69, 9.17) is 9.47 Å². The lowest BCUT2D eigenvalue weighted by Crippen LogP contribution is -2.28. The SMILES string of the molecule is CCCCCCCCCCCCCCCC(=O)O[C@@H](CO)COC(=O)CCCCCCCCCCC(C)CC. The Hall–Kier alpha value is -1.10. The van der Waals surface area contributed by atoms with Gasteiger partial charge in [0, 0.05) is 12.8 Å². The van der Waals surface area contributed by atoms with Gasteiger partial charge in [-0.15, -0.1) is 0 Å². The molecule has 0 aromatic carbocycles. The summed E-state index contributed by atoms with van der Waals surface area (Å²) in [6.45, 7) is 6.48. The molecular formula is C34H66O5. The van der Waals surface area contributed by atoms with Crippen molar-refractivity contribution in [1.29, 1.82) is 0 Å². The van der Waals surface area contributed by atoms with Crippen molar-refractivity contribution in [3.63, 3.8) is 0 Å². The number of rotatable bonds is 30. The van der Waals surface area contributed by atoms with E-state index >= 15 is 0 Å². The van der Waals surface area contributed by atoms with Gasteiger partial charge in [0.15, 0.2) is 6.10 Å². The van der Waals surface area contributed by atoms with Crippen LogP contribution in [0.1, 0.15) is 181 Å². The van der Waals surface area contributed by atoms with Crippen molar-refractivity contribution in [3.05, 3.63) is 0 Å². The molecule has 0 aliphatic rings. The molecule has 2 atom stereocenters. The molecule has 0 rings (SSSR count). The van der Waals surface area contributed by atoms with Crippen LogP contribution in [0, 0.1) is 5.92 Å². The van der Waals surface area contributed by atoms with E-state index in [0.29, 0.717) is 12.8 Å². The summed E-state index contributed by atoms with van der Waals surface area (Å²) in [4.78, 5) is 24.1. The van der Waals surface area contributed by atoms with Gasteiger partial charge in [0.25, 0.3) is 0 Å². The number of aliphatic hydroxyl groups excluding tert-OH is 1. The molecule has 1 N–H and O–H groups in total. The van der Waals surface area contributed by atoms with E-state index in [0.717, 1.165) is 44.4 Å². The number of carbonyl (C=O) groups excluding carboxylic acids is 2. The predicted molar refractivity (Wildman–Crippen MR) is 164 cm³/mol. The molecule has 39 heavy (non-hydrogen) atoms. The second-order valence-electron chi connectivity index (χ2n) is 11.9. The summed E-state index contributed by atoms with van der Waals surface area (Å²) in [5.74, 6) is 0.275. The van der Waals surface area contributed by atoms with Crippen LogP contribution in [0.25, 0.3) is 0 Å². The quantitative estimate of drug-likeness (QED) is 0.0706. The highest BCUT2D eigenvalue weighted by Gasteiger charge is 2.16. The van der Waals surface area contributed by atoms with Crippen LogP contribution in [0.4, 0.5) is 0 Å². The minimum Gasteiger partial charge on any atom is -0.462 e. The molecule has 0 bridgehead atoms. The third-order valence-corrected chi connectivity index (χ3v) is 7.94. The van der Waals surface area contributed by atoms with E-state index in [-0.39, 0.29) is 25.2 Å². The zero-order chi connectivity index (χ0) is 28.8. The van der Waals surface area contributed by atoms with Crippen LogP contribution in [0.15, 0.2) is 0 Å². The lowest BCUT2D eigenvalue weighted by molar-refractivity contribution is -0.161.